The van der Waals surface area contributed by atoms with Crippen LogP contribution in [0.15, 0.2) is 42.5 Å². The number of ketones is 1. The van der Waals surface area contributed by atoms with Crippen molar-refractivity contribution >= 4 is 5.78 Å². The second-order valence-electron chi connectivity index (χ2n) is 9.84. The largest absolute Gasteiger partial charge is 0.381 e. The molecule has 188 valence electrons. The van der Waals surface area contributed by atoms with Crippen LogP contribution in [0.2, 0.25) is 0 Å². The molecule has 0 radical (unpaired) electrons. The van der Waals surface area contributed by atoms with Gasteiger partial charge in [-0.2, -0.15) is 5.26 Å². The van der Waals surface area contributed by atoms with Gasteiger partial charge in [0, 0.05) is 31.9 Å². The third kappa shape index (κ3) is 6.96. The van der Waals surface area contributed by atoms with Gasteiger partial charge < -0.3 is 10.4 Å². The van der Waals surface area contributed by atoms with Crippen LogP contribution in [-0.4, -0.2) is 23.0 Å². The third-order valence-electron chi connectivity index (χ3n) is 7.13. The molecule has 1 atom stereocenters. The fourth-order valence-electron chi connectivity index (χ4n) is 5.16. The Morgan fingerprint density at radius 2 is 1.83 bits per heavy atom. The van der Waals surface area contributed by atoms with Crippen molar-refractivity contribution in [2.75, 3.05) is 6.54 Å². The highest BCUT2D eigenvalue weighted by Gasteiger charge is 2.43. The molecule has 0 aliphatic heterocycles. The van der Waals surface area contributed by atoms with E-state index in [0.29, 0.717) is 5.56 Å². The molecule has 0 heterocycles. The number of nitrogens with zero attached hydrogens (tertiary/aromatic N) is 1. The number of hydrogen-bond donors (Lipinski definition) is 2. The van der Waals surface area contributed by atoms with E-state index in [9.17, 15) is 23.9 Å². The predicted octanol–water partition coefficient (Wildman–Crippen LogP) is 5.84. The second kappa shape index (κ2) is 11.9. The molecular weight excluding hydrogens is 446 g/mol. The molecule has 0 bridgehead atoms. The lowest BCUT2D eigenvalue weighted by atomic mass is 9.71. The molecule has 1 saturated carbocycles. The minimum absolute atomic E-state index is 0.0602. The number of nitriles is 1. The molecule has 2 N–H and O–H groups in total. The van der Waals surface area contributed by atoms with E-state index in [1.54, 1.807) is 6.07 Å². The number of carbonyl (C=O) groups excluding carboxylic acids is 1. The predicted molar refractivity (Wildman–Crippen MR) is 133 cm³/mol. The topological polar surface area (TPSA) is 73.1 Å². The molecule has 0 saturated heterocycles. The van der Waals surface area contributed by atoms with E-state index >= 15 is 0 Å². The summed E-state index contributed by atoms with van der Waals surface area (Å²) < 4.78 is 28.0. The normalized spacial score (nSPS) is 16.5. The van der Waals surface area contributed by atoms with Crippen LogP contribution in [0.25, 0.3) is 0 Å². The summed E-state index contributed by atoms with van der Waals surface area (Å²) in [5.74, 6) is -3.50. The summed E-state index contributed by atoms with van der Waals surface area (Å²) in [7, 11) is 0. The molecule has 4 nitrogen and oxygen atoms in total. The quantitative estimate of drug-likeness (QED) is 0.422. The van der Waals surface area contributed by atoms with Crippen LogP contribution in [0, 0.1) is 17.2 Å². The first-order valence-electron chi connectivity index (χ1n) is 12.6. The van der Waals surface area contributed by atoms with E-state index in [2.05, 4.69) is 5.32 Å². The molecule has 2 aromatic carbocycles. The molecule has 1 aliphatic rings. The number of alkyl halides is 2. The minimum atomic E-state index is -3.15. The van der Waals surface area contributed by atoms with Crippen molar-refractivity contribution in [1.82, 2.24) is 5.32 Å². The highest BCUT2D eigenvalue weighted by molar-refractivity contribution is 5.88. The average molecular weight is 483 g/mol. The van der Waals surface area contributed by atoms with Crippen molar-refractivity contribution in [3.63, 3.8) is 0 Å². The number of halogens is 2. The van der Waals surface area contributed by atoms with Gasteiger partial charge in [-0.05, 0) is 60.5 Å². The van der Waals surface area contributed by atoms with Crippen LogP contribution >= 0.6 is 0 Å². The van der Waals surface area contributed by atoms with Gasteiger partial charge in [0.2, 0.25) is 0 Å². The Bertz CT molecular complexity index is 1050. The van der Waals surface area contributed by atoms with E-state index < -0.39 is 11.5 Å². The number of aryl methyl sites for hydroxylation is 1. The van der Waals surface area contributed by atoms with Crippen LogP contribution in [0.3, 0.4) is 0 Å². The number of rotatable bonds is 11. The first kappa shape index (κ1) is 27.0. The molecule has 35 heavy (non-hydrogen) atoms. The second-order valence-corrected chi connectivity index (χ2v) is 9.84. The lowest BCUT2D eigenvalue weighted by Gasteiger charge is -2.37. The van der Waals surface area contributed by atoms with Crippen molar-refractivity contribution in [3.8, 4) is 6.07 Å². The molecule has 0 spiro atoms. The molecular formula is C29H36F2N2O2. The molecule has 0 amide bonds. The average Bonchev–Trinajstić information content (AvgIpc) is 2.86. The summed E-state index contributed by atoms with van der Waals surface area (Å²) in [4.78, 5) is 13.5. The summed E-state index contributed by atoms with van der Waals surface area (Å²) in [6.45, 7) is 4.39. The smallest absolute Gasteiger partial charge is 0.271 e. The molecule has 0 aromatic heterocycles. The molecule has 2 aromatic rings. The SMILES string of the molecule is CCNCc1cccc(CC(O)(C(=O)CCc2ccc(C#N)c(C(C)(F)F)c2)C2CCCCC2)c1. The summed E-state index contributed by atoms with van der Waals surface area (Å²) in [5.41, 5.74) is 0.712. The van der Waals surface area contributed by atoms with Crippen molar-refractivity contribution in [3.05, 3.63) is 70.3 Å². The number of carbonyl (C=O) groups is 1. The standard InChI is InChI=1S/C29H36F2N2O2/c1-3-33-20-23-9-7-8-22(16-23)18-29(35,25-10-5-4-6-11-25)27(34)15-13-21-12-14-24(19-32)26(17-21)28(2,30)31/h7-9,12,14,16-17,25,33,35H,3-6,10-11,13,15,18,20H2,1-2H3. The number of benzene rings is 2. The van der Waals surface area contributed by atoms with Gasteiger partial charge >= 0.3 is 0 Å². The van der Waals surface area contributed by atoms with Crippen LogP contribution in [0.4, 0.5) is 8.78 Å². The summed E-state index contributed by atoms with van der Waals surface area (Å²) in [6, 6.07) is 14.1. The first-order chi connectivity index (χ1) is 16.7. The Hall–Kier alpha value is -2.62. The molecule has 1 unspecified atom stereocenters. The Kier molecular flexibility index (Phi) is 9.15. The Balaban J connectivity index is 1.81. The highest BCUT2D eigenvalue weighted by Crippen LogP contribution is 2.37. The maximum absolute atomic E-state index is 14.0. The minimum Gasteiger partial charge on any atom is -0.381 e. The third-order valence-corrected chi connectivity index (χ3v) is 7.13. The van der Waals surface area contributed by atoms with Gasteiger partial charge in [0.05, 0.1) is 11.6 Å². The van der Waals surface area contributed by atoms with E-state index in [1.807, 2.05) is 37.3 Å². The van der Waals surface area contributed by atoms with Gasteiger partial charge in [-0.15, -0.1) is 0 Å². The summed E-state index contributed by atoms with van der Waals surface area (Å²) in [6.07, 6.45) is 5.26. The monoisotopic (exact) mass is 482 g/mol. The first-order valence-corrected chi connectivity index (χ1v) is 12.6. The lowest BCUT2D eigenvalue weighted by molar-refractivity contribution is -0.145. The van der Waals surface area contributed by atoms with Gasteiger partial charge in [-0.1, -0.05) is 56.5 Å². The van der Waals surface area contributed by atoms with Gasteiger partial charge in [-0.25, -0.2) is 8.78 Å². The van der Waals surface area contributed by atoms with Gasteiger partial charge in [0.1, 0.15) is 5.60 Å². The zero-order valence-corrected chi connectivity index (χ0v) is 20.7. The zero-order chi connectivity index (χ0) is 25.5. The van der Waals surface area contributed by atoms with Crippen molar-refractivity contribution in [2.24, 2.45) is 5.92 Å². The highest BCUT2D eigenvalue weighted by atomic mass is 19.3. The van der Waals surface area contributed by atoms with Gasteiger partial charge in [0.15, 0.2) is 5.78 Å². The maximum atomic E-state index is 14.0. The van der Waals surface area contributed by atoms with Crippen LogP contribution in [0.5, 0.6) is 0 Å². The van der Waals surface area contributed by atoms with E-state index in [0.717, 1.165) is 63.2 Å². The van der Waals surface area contributed by atoms with E-state index in [4.69, 9.17) is 0 Å². The number of Topliss-reactive ketones (excluding diaryl/α,β-unsaturated/α-hetero) is 1. The summed E-state index contributed by atoms with van der Waals surface area (Å²) in [5, 5.41) is 24.3. The van der Waals surface area contributed by atoms with E-state index in [-0.39, 0.29) is 42.1 Å². The Labute approximate surface area is 207 Å². The Morgan fingerprint density at radius 1 is 1.11 bits per heavy atom. The van der Waals surface area contributed by atoms with Crippen LogP contribution < -0.4 is 5.32 Å². The number of hydrogen-bond acceptors (Lipinski definition) is 4. The van der Waals surface area contributed by atoms with Gasteiger partial charge in [0.25, 0.3) is 5.92 Å². The van der Waals surface area contributed by atoms with Crippen LogP contribution in [-0.2, 0) is 30.1 Å². The fraction of sp³-hybridized carbons (Fsp3) is 0.517. The molecule has 1 aliphatic carbocycles. The van der Waals surface area contributed by atoms with Crippen molar-refractivity contribution < 1.29 is 18.7 Å². The zero-order valence-electron chi connectivity index (χ0n) is 20.7. The van der Waals surface area contributed by atoms with E-state index in [1.165, 1.54) is 12.1 Å². The fourth-order valence-corrected chi connectivity index (χ4v) is 5.16. The maximum Gasteiger partial charge on any atom is 0.271 e. The van der Waals surface area contributed by atoms with Crippen molar-refractivity contribution in [1.29, 1.82) is 5.26 Å². The lowest BCUT2D eigenvalue weighted by Crippen LogP contribution is -2.48. The molecule has 3 rings (SSSR count). The summed E-state index contributed by atoms with van der Waals surface area (Å²) >= 11 is 0. The van der Waals surface area contributed by atoms with Gasteiger partial charge in [-0.3, -0.25) is 4.79 Å². The van der Waals surface area contributed by atoms with Crippen LogP contribution in [0.1, 0.15) is 80.2 Å². The Morgan fingerprint density at radius 3 is 2.49 bits per heavy atom. The van der Waals surface area contributed by atoms with Crippen molar-refractivity contribution in [2.45, 2.75) is 83.3 Å². The molecule has 6 heteroatoms. The molecule has 1 fully saturated rings. The number of nitrogens with one attached hydrogen (secondary N) is 1. The number of aliphatic hydroxyl groups is 1.